The van der Waals surface area contributed by atoms with E-state index >= 15 is 0 Å². The molecule has 0 spiro atoms. The van der Waals surface area contributed by atoms with Crippen LogP contribution in [0.3, 0.4) is 0 Å². The molecule has 0 saturated carbocycles. The summed E-state index contributed by atoms with van der Waals surface area (Å²) in [5.41, 5.74) is 6.14. The number of para-hydroxylation sites is 4. The van der Waals surface area contributed by atoms with E-state index in [1.54, 1.807) is 0 Å². The van der Waals surface area contributed by atoms with Crippen LogP contribution in [0.2, 0.25) is 0 Å². The summed E-state index contributed by atoms with van der Waals surface area (Å²) in [6.45, 7) is 0. The third-order valence-corrected chi connectivity index (χ3v) is 20.7. The van der Waals surface area contributed by atoms with Crippen LogP contribution in [0.25, 0.3) is 60.2 Å². The molecule has 8 heteroatoms. The summed E-state index contributed by atoms with van der Waals surface area (Å²) in [6.07, 6.45) is 0.938. The topological polar surface area (TPSA) is 35.1 Å². The first-order valence-corrected chi connectivity index (χ1v) is 24.1. The van der Waals surface area contributed by atoms with Gasteiger partial charge in [-0.3, -0.25) is 9.38 Å². The van der Waals surface area contributed by atoms with Crippen LogP contribution >= 0.6 is 12.2 Å². The lowest BCUT2D eigenvalue weighted by Gasteiger charge is -2.27. The molecule has 0 aliphatic carbocycles. The molecule has 0 amide bonds. The highest BCUT2D eigenvalue weighted by molar-refractivity contribution is 8.25. The lowest BCUT2D eigenvalue weighted by atomic mass is 10.1. The van der Waals surface area contributed by atoms with Crippen molar-refractivity contribution in [2.45, 2.75) is 0 Å². The third kappa shape index (κ3) is 4.77. The molecule has 4 heterocycles. The van der Waals surface area contributed by atoms with Crippen LogP contribution in [0.5, 0.6) is 0 Å². The first kappa shape index (κ1) is 33.6. The van der Waals surface area contributed by atoms with Gasteiger partial charge >= 0.3 is 0 Å². The Hall–Kier alpha value is -5.74. The fourth-order valence-electron chi connectivity index (χ4n) is 8.62. The molecule has 0 saturated heterocycles. The van der Waals surface area contributed by atoms with Crippen molar-refractivity contribution in [3.8, 4) is 0 Å². The van der Waals surface area contributed by atoms with Crippen LogP contribution < -0.4 is 26.5 Å². The van der Waals surface area contributed by atoms with Gasteiger partial charge in [-0.15, -0.1) is 0 Å². The second kappa shape index (κ2) is 12.9. The monoisotopic (exact) mass is 790 g/mol. The largest absolute Gasteiger partial charge is 0.304 e. The number of pyridine rings is 2. The Morgan fingerprint density at radius 2 is 0.982 bits per heavy atom. The second-order valence-electron chi connectivity index (χ2n) is 14.1. The van der Waals surface area contributed by atoms with E-state index in [0.717, 1.165) is 65.3 Å². The van der Waals surface area contributed by atoms with Crippen molar-refractivity contribution in [3.05, 3.63) is 194 Å². The minimum absolute atomic E-state index is 0.899. The quantitative estimate of drug-likeness (QED) is 0.124. The fraction of sp³-hybridized carbons (Fsp3) is 0. The Kier molecular flexibility index (Phi) is 7.74. The number of nitrogens with zero attached hydrogens (tertiary/aromatic N) is 4. The number of hydrogen-bond acceptors (Lipinski definition) is 4. The van der Waals surface area contributed by atoms with Crippen LogP contribution in [0.4, 0.5) is 0 Å². The van der Waals surface area contributed by atoms with Crippen molar-refractivity contribution in [1.82, 2.24) is 18.7 Å². The summed E-state index contributed by atoms with van der Waals surface area (Å²) < 4.78 is 4.75. The average Bonchev–Trinajstić information content (AvgIpc) is 3.84. The first-order valence-electron chi connectivity index (χ1n) is 18.5. The van der Waals surface area contributed by atoms with E-state index in [0.29, 0.717) is 0 Å². The molecule has 0 bridgehead atoms. The van der Waals surface area contributed by atoms with E-state index in [4.69, 9.17) is 28.6 Å². The van der Waals surface area contributed by atoms with E-state index in [1.807, 2.05) is 18.5 Å². The van der Waals surface area contributed by atoms with Gasteiger partial charge in [0.05, 0.1) is 22.1 Å². The van der Waals surface area contributed by atoms with E-state index in [9.17, 15) is 0 Å². The highest BCUT2D eigenvalue weighted by Crippen LogP contribution is 2.53. The smallest absolute Gasteiger partial charge is 0.146 e. The Morgan fingerprint density at radius 1 is 0.429 bits per heavy atom. The van der Waals surface area contributed by atoms with Crippen molar-refractivity contribution < 1.29 is 0 Å². The average molecular weight is 791 g/mol. The fourth-order valence-corrected chi connectivity index (χ4v) is 16.6. The molecule has 11 rings (SSSR count). The molecule has 0 aliphatic heterocycles. The van der Waals surface area contributed by atoms with Crippen molar-refractivity contribution in [3.63, 3.8) is 0 Å². The number of imidazole rings is 1. The number of fused-ring (bicyclic) bond motifs is 11. The Labute approximate surface area is 333 Å². The Balaban J connectivity index is 1.24. The van der Waals surface area contributed by atoms with E-state index < -0.39 is 12.2 Å². The molecule has 11 aromatic rings. The summed E-state index contributed by atoms with van der Waals surface area (Å²) in [7, 11) is 0. The summed E-state index contributed by atoms with van der Waals surface area (Å²) in [5.74, 6) is 0. The van der Waals surface area contributed by atoms with Gasteiger partial charge in [0.15, 0.2) is 0 Å². The molecule has 1 atom stereocenters. The van der Waals surface area contributed by atoms with Gasteiger partial charge in [0.2, 0.25) is 0 Å². The summed E-state index contributed by atoms with van der Waals surface area (Å²) in [4.78, 5) is 10.3. The highest BCUT2D eigenvalue weighted by atomic mass is 32.4. The zero-order valence-corrected chi connectivity index (χ0v) is 33.4. The molecule has 266 valence electrons. The Morgan fingerprint density at radius 3 is 1.61 bits per heavy atom. The normalized spacial score (nSPS) is 13.3. The molecule has 7 aromatic carbocycles. The molecule has 4 aromatic heterocycles. The summed E-state index contributed by atoms with van der Waals surface area (Å²) in [6, 6.07) is 62.3. The molecule has 0 aliphatic rings. The van der Waals surface area contributed by atoms with Gasteiger partial charge < -0.3 is 4.34 Å². The predicted octanol–water partition coefficient (Wildman–Crippen LogP) is 9.95. The number of rotatable bonds is 6. The van der Waals surface area contributed by atoms with Crippen molar-refractivity contribution >= 4 is 123 Å². The molecule has 0 N–H and O–H groups in total. The standard InChI is InChI=1S/C48H32N4P2S2/c55-53(33-15-3-1-4-16-33,34-17-5-2-6-18-34)35-28-29-40-41(31-35)39-22-7-10-23-42(39)51-45-26-13-27-46(47(45)50-48(40)51)54(56,36-19-14-30-49-32-36)52-43-24-11-8-20-37(43)38-21-9-12-25-44(38)52/h1-32H. The molecule has 0 radical (unpaired) electrons. The molecular formula is C48H32N4P2S2. The molecule has 4 nitrogen and oxygen atoms in total. The van der Waals surface area contributed by atoms with Crippen molar-refractivity contribution in [1.29, 1.82) is 0 Å². The number of aromatic nitrogens is 4. The Bertz CT molecular complexity index is 3340. The van der Waals surface area contributed by atoms with Crippen LogP contribution in [0.15, 0.2) is 194 Å². The van der Waals surface area contributed by atoms with Crippen molar-refractivity contribution in [2.75, 3.05) is 0 Å². The lowest BCUT2D eigenvalue weighted by Crippen LogP contribution is -2.24. The molecule has 1 unspecified atom stereocenters. The first-order chi connectivity index (χ1) is 27.6. The van der Waals surface area contributed by atoms with Gasteiger partial charge in [-0.1, -0.05) is 151 Å². The zero-order valence-electron chi connectivity index (χ0n) is 30.0. The summed E-state index contributed by atoms with van der Waals surface area (Å²) in [5, 5.41) is 11.3. The maximum atomic E-state index is 7.16. The molecular weight excluding hydrogens is 759 g/mol. The van der Waals surface area contributed by atoms with Crippen LogP contribution in [0, 0.1) is 0 Å². The van der Waals surface area contributed by atoms with E-state index in [2.05, 4.69) is 190 Å². The number of benzene rings is 7. The third-order valence-electron chi connectivity index (χ3n) is 11.1. The highest BCUT2D eigenvalue weighted by Gasteiger charge is 2.32. The minimum atomic E-state index is -2.84. The van der Waals surface area contributed by atoms with Gasteiger partial charge in [-0.25, -0.2) is 4.98 Å². The maximum absolute atomic E-state index is 7.16. The van der Waals surface area contributed by atoms with Gasteiger partial charge in [-0.2, -0.15) is 0 Å². The number of hydrogen-bond donors (Lipinski definition) is 0. The van der Waals surface area contributed by atoms with Crippen LogP contribution in [-0.2, 0) is 23.6 Å². The maximum Gasteiger partial charge on any atom is 0.146 e. The van der Waals surface area contributed by atoms with Crippen molar-refractivity contribution in [2.24, 2.45) is 0 Å². The predicted molar refractivity (Wildman–Crippen MR) is 246 cm³/mol. The van der Waals surface area contributed by atoms with Gasteiger partial charge in [0, 0.05) is 50.6 Å². The van der Waals surface area contributed by atoms with E-state index in [1.165, 1.54) is 21.4 Å². The molecule has 0 fully saturated rings. The lowest BCUT2D eigenvalue weighted by molar-refractivity contribution is 1.32. The molecule has 56 heavy (non-hydrogen) atoms. The summed E-state index contributed by atoms with van der Waals surface area (Å²) >= 11 is 14.0. The van der Waals surface area contributed by atoms with E-state index in [-0.39, 0.29) is 0 Å². The SMILES string of the molecule is S=P(c1ccccc1)(c1ccccc1)c1ccc2c(c1)c1ccccc1n1c3cccc(P(=S)(c4cccnc4)n4c5ccccc5c5ccccc54)c3nc21. The second-order valence-corrected chi connectivity index (χ2v) is 22.6. The minimum Gasteiger partial charge on any atom is -0.304 e. The van der Waals surface area contributed by atoms with Gasteiger partial charge in [0.1, 0.15) is 17.4 Å². The van der Waals surface area contributed by atoms with Crippen LogP contribution in [0.1, 0.15) is 0 Å². The van der Waals surface area contributed by atoms with Gasteiger partial charge in [-0.05, 0) is 75.9 Å². The van der Waals surface area contributed by atoms with Gasteiger partial charge in [0.25, 0.3) is 0 Å². The zero-order chi connectivity index (χ0) is 37.4. The van der Waals surface area contributed by atoms with Crippen LogP contribution in [-0.4, -0.2) is 18.7 Å².